The molecule has 3 aromatic rings. The van der Waals surface area contributed by atoms with Gasteiger partial charge in [-0.1, -0.05) is 54.6 Å². The molecule has 0 N–H and O–H groups in total. The van der Waals surface area contributed by atoms with Crippen LogP contribution in [0.2, 0.25) is 0 Å². The summed E-state index contributed by atoms with van der Waals surface area (Å²) in [5.41, 5.74) is 4.37. The number of anilines is 1. The first kappa shape index (κ1) is 23.6. The number of hydrogen-bond donors (Lipinski definition) is 0. The SMILES string of the molecule is COC(=O)CCc1ccc([C@@H]2[C@@H](CCCc3ccccc3)C(=O)N2c2ccc(OC)cc2)cc1. The van der Waals surface area contributed by atoms with E-state index >= 15 is 0 Å². The molecule has 1 heterocycles. The fourth-order valence-electron chi connectivity index (χ4n) is 4.64. The molecule has 4 rings (SSSR count). The smallest absolute Gasteiger partial charge is 0.305 e. The van der Waals surface area contributed by atoms with E-state index in [1.807, 2.05) is 47.4 Å². The van der Waals surface area contributed by atoms with Gasteiger partial charge in [-0.25, -0.2) is 0 Å². The van der Waals surface area contributed by atoms with Gasteiger partial charge in [0.05, 0.1) is 26.2 Å². The van der Waals surface area contributed by atoms with E-state index < -0.39 is 0 Å². The lowest BCUT2D eigenvalue weighted by Gasteiger charge is -2.48. The van der Waals surface area contributed by atoms with Gasteiger partial charge in [-0.15, -0.1) is 0 Å². The first-order chi connectivity index (χ1) is 16.6. The molecule has 0 aliphatic carbocycles. The van der Waals surface area contributed by atoms with Crippen molar-refractivity contribution in [2.75, 3.05) is 19.1 Å². The molecule has 1 saturated heterocycles. The standard InChI is InChI=1S/C29H31NO4/c1-33-25-18-16-24(17-19-25)30-28(23-14-11-22(12-15-23)13-20-27(31)34-2)26(29(30)32)10-6-9-21-7-4-3-5-8-21/h3-5,7-8,11-12,14-19,26,28H,6,9-10,13,20H2,1-2H3/t26-,28-/m1/s1. The number of aryl methyl sites for hydroxylation is 2. The van der Waals surface area contributed by atoms with Crippen LogP contribution >= 0.6 is 0 Å². The van der Waals surface area contributed by atoms with Crippen LogP contribution in [0.15, 0.2) is 78.9 Å². The van der Waals surface area contributed by atoms with Crippen LogP contribution in [0.1, 0.15) is 42.0 Å². The Balaban J connectivity index is 1.51. The number of rotatable bonds is 10. The maximum Gasteiger partial charge on any atom is 0.305 e. The van der Waals surface area contributed by atoms with Crippen LogP contribution in [0.4, 0.5) is 5.69 Å². The average molecular weight is 458 g/mol. The molecule has 1 amide bonds. The van der Waals surface area contributed by atoms with Crippen molar-refractivity contribution in [3.05, 3.63) is 95.6 Å². The van der Waals surface area contributed by atoms with E-state index in [-0.39, 0.29) is 23.8 Å². The summed E-state index contributed by atoms with van der Waals surface area (Å²) in [6.07, 6.45) is 3.77. The minimum absolute atomic E-state index is 0.00803. The molecule has 0 unspecified atom stereocenters. The van der Waals surface area contributed by atoms with Gasteiger partial charge < -0.3 is 14.4 Å². The number of hydrogen-bond acceptors (Lipinski definition) is 4. The summed E-state index contributed by atoms with van der Waals surface area (Å²) in [6.45, 7) is 0. The quantitative estimate of drug-likeness (QED) is 0.297. The minimum atomic E-state index is -0.210. The molecule has 176 valence electrons. The predicted molar refractivity (Wildman–Crippen MR) is 133 cm³/mol. The van der Waals surface area contributed by atoms with Crippen LogP contribution in [0.25, 0.3) is 0 Å². The zero-order valence-corrected chi connectivity index (χ0v) is 19.8. The fraction of sp³-hybridized carbons (Fsp3) is 0.310. The maximum atomic E-state index is 13.3. The first-order valence-corrected chi connectivity index (χ1v) is 11.8. The van der Waals surface area contributed by atoms with Crippen LogP contribution in [-0.2, 0) is 27.2 Å². The summed E-state index contributed by atoms with van der Waals surface area (Å²) in [6, 6.07) is 26.3. The van der Waals surface area contributed by atoms with Gasteiger partial charge in [-0.2, -0.15) is 0 Å². The van der Waals surface area contributed by atoms with Crippen molar-refractivity contribution in [1.82, 2.24) is 0 Å². The Hall–Kier alpha value is -3.60. The molecule has 5 nitrogen and oxygen atoms in total. The molecule has 3 aromatic carbocycles. The van der Waals surface area contributed by atoms with Crippen molar-refractivity contribution in [3.8, 4) is 5.75 Å². The molecule has 0 bridgehead atoms. The Morgan fingerprint density at radius 2 is 1.53 bits per heavy atom. The highest BCUT2D eigenvalue weighted by Crippen LogP contribution is 2.46. The number of methoxy groups -OCH3 is 2. The van der Waals surface area contributed by atoms with E-state index in [4.69, 9.17) is 9.47 Å². The molecule has 0 spiro atoms. The fourth-order valence-corrected chi connectivity index (χ4v) is 4.64. The van der Waals surface area contributed by atoms with Crippen molar-refractivity contribution in [2.24, 2.45) is 5.92 Å². The van der Waals surface area contributed by atoms with Crippen LogP contribution < -0.4 is 9.64 Å². The van der Waals surface area contributed by atoms with Crippen LogP contribution in [0.5, 0.6) is 5.75 Å². The van der Waals surface area contributed by atoms with Gasteiger partial charge in [0.25, 0.3) is 0 Å². The summed E-state index contributed by atoms with van der Waals surface area (Å²) >= 11 is 0. The van der Waals surface area contributed by atoms with Gasteiger partial charge in [-0.3, -0.25) is 9.59 Å². The minimum Gasteiger partial charge on any atom is -0.497 e. The maximum absolute atomic E-state index is 13.3. The highest BCUT2D eigenvalue weighted by atomic mass is 16.5. The molecule has 1 aliphatic rings. The van der Waals surface area contributed by atoms with E-state index in [1.54, 1.807) is 7.11 Å². The third-order valence-electron chi connectivity index (χ3n) is 6.55. The highest BCUT2D eigenvalue weighted by molar-refractivity contribution is 6.03. The molecular formula is C29H31NO4. The second-order valence-electron chi connectivity index (χ2n) is 8.65. The first-order valence-electron chi connectivity index (χ1n) is 11.8. The lowest BCUT2D eigenvalue weighted by molar-refractivity contribution is -0.140. The molecule has 0 saturated carbocycles. The number of carbonyl (C=O) groups excluding carboxylic acids is 2. The zero-order chi connectivity index (χ0) is 23.9. The topological polar surface area (TPSA) is 55.8 Å². The summed E-state index contributed by atoms with van der Waals surface area (Å²) < 4.78 is 10.0. The van der Waals surface area contributed by atoms with E-state index in [1.165, 1.54) is 12.7 Å². The molecule has 5 heteroatoms. The molecule has 1 fully saturated rings. The van der Waals surface area contributed by atoms with Crippen molar-refractivity contribution in [2.45, 2.75) is 38.1 Å². The number of β-lactam (4-membered cyclic amide) rings is 1. The summed E-state index contributed by atoms with van der Waals surface area (Å²) in [4.78, 5) is 26.6. The van der Waals surface area contributed by atoms with Crippen LogP contribution in [0, 0.1) is 5.92 Å². The van der Waals surface area contributed by atoms with Crippen molar-refractivity contribution in [1.29, 1.82) is 0 Å². The molecule has 0 radical (unpaired) electrons. The number of ether oxygens (including phenoxy) is 2. The predicted octanol–water partition coefficient (Wildman–Crippen LogP) is 5.53. The molecule has 34 heavy (non-hydrogen) atoms. The Morgan fingerprint density at radius 3 is 2.18 bits per heavy atom. The van der Waals surface area contributed by atoms with E-state index in [9.17, 15) is 9.59 Å². The Kier molecular flexibility index (Phi) is 7.63. The van der Waals surface area contributed by atoms with E-state index in [0.29, 0.717) is 12.8 Å². The normalized spacial score (nSPS) is 17.2. The molecule has 2 atom stereocenters. The van der Waals surface area contributed by atoms with Gasteiger partial charge in [0.2, 0.25) is 5.91 Å². The Bertz CT molecular complexity index is 1090. The number of amides is 1. The van der Waals surface area contributed by atoms with Gasteiger partial charge >= 0.3 is 5.97 Å². The Labute approximate surface area is 201 Å². The third kappa shape index (κ3) is 5.30. The molecular weight excluding hydrogens is 426 g/mol. The number of nitrogens with zero attached hydrogens (tertiary/aromatic N) is 1. The number of esters is 1. The average Bonchev–Trinajstić information content (AvgIpc) is 2.89. The second-order valence-corrected chi connectivity index (χ2v) is 8.65. The number of carbonyl (C=O) groups is 2. The van der Waals surface area contributed by atoms with E-state index in [2.05, 4.69) is 36.4 Å². The summed E-state index contributed by atoms with van der Waals surface area (Å²) in [5.74, 6) is 0.671. The molecule has 1 aliphatic heterocycles. The Morgan fingerprint density at radius 1 is 0.853 bits per heavy atom. The third-order valence-corrected chi connectivity index (χ3v) is 6.55. The van der Waals surface area contributed by atoms with Gasteiger partial charge in [0, 0.05) is 12.1 Å². The number of benzene rings is 3. The van der Waals surface area contributed by atoms with Crippen molar-refractivity contribution in [3.63, 3.8) is 0 Å². The lowest BCUT2D eigenvalue weighted by Crippen LogP contribution is -2.55. The van der Waals surface area contributed by atoms with Crippen molar-refractivity contribution >= 4 is 17.6 Å². The van der Waals surface area contributed by atoms with Gasteiger partial charge in [0.1, 0.15) is 5.75 Å². The molecule has 0 aromatic heterocycles. The van der Waals surface area contributed by atoms with Gasteiger partial charge in [0.15, 0.2) is 0 Å². The zero-order valence-electron chi connectivity index (χ0n) is 19.8. The second kappa shape index (κ2) is 11.0. The monoisotopic (exact) mass is 457 g/mol. The lowest BCUT2D eigenvalue weighted by atomic mass is 9.78. The van der Waals surface area contributed by atoms with E-state index in [0.717, 1.165) is 41.8 Å². The summed E-state index contributed by atoms with van der Waals surface area (Å²) in [5, 5.41) is 0. The highest BCUT2D eigenvalue weighted by Gasteiger charge is 2.48. The van der Waals surface area contributed by atoms with Gasteiger partial charge in [-0.05, 0) is 66.6 Å². The largest absolute Gasteiger partial charge is 0.497 e. The van der Waals surface area contributed by atoms with Crippen molar-refractivity contribution < 1.29 is 19.1 Å². The van der Waals surface area contributed by atoms with Crippen LogP contribution in [0.3, 0.4) is 0 Å². The summed E-state index contributed by atoms with van der Waals surface area (Å²) in [7, 11) is 3.04. The van der Waals surface area contributed by atoms with Crippen LogP contribution in [-0.4, -0.2) is 26.1 Å².